The zero-order valence-corrected chi connectivity index (χ0v) is 30.6. The Hall–Kier alpha value is -5.73. The highest BCUT2D eigenvalue weighted by atomic mass is 14.9. The smallest absolute Gasteiger partial charge is 0.329 e. The summed E-state index contributed by atoms with van der Waals surface area (Å²) in [5, 5.41) is 5.29. The standard InChI is InChI=1S/C48H38B2N2/c1-27-23-29(3)45(30(4)24-27)49-39-21-22-40-44(43(39)37-17-11-15-35-33-13-7-9-19-41(33)51(49)47(35)37)38-18-12-16-36-34-14-8-10-20-42(34)52(48(36)38)50(40)46-31(5)25-28(2)26-32(46)6/h7-26H,1-6H3. The van der Waals surface area contributed by atoms with Crippen LogP contribution in [0.3, 0.4) is 0 Å². The first kappa shape index (κ1) is 29.9. The molecule has 0 N–H and O–H groups in total. The Bertz CT molecular complexity index is 2800. The molecule has 52 heavy (non-hydrogen) atoms. The van der Waals surface area contributed by atoms with Gasteiger partial charge in [-0.15, -0.1) is 0 Å². The Morgan fingerprint density at radius 2 is 0.750 bits per heavy atom. The van der Waals surface area contributed by atoms with Crippen LogP contribution in [0.1, 0.15) is 33.4 Å². The minimum Gasteiger partial charge on any atom is -0.375 e. The third-order valence-corrected chi connectivity index (χ3v) is 12.4. The molecular weight excluding hydrogens is 626 g/mol. The third kappa shape index (κ3) is 3.72. The maximum atomic E-state index is 2.67. The van der Waals surface area contributed by atoms with Gasteiger partial charge in [-0.3, -0.25) is 0 Å². The highest BCUT2D eigenvalue weighted by molar-refractivity contribution is 6.90. The molecule has 0 atom stereocenters. The molecule has 0 saturated heterocycles. The number of nitrogens with zero attached hydrogens (tertiary/aromatic N) is 2. The number of benzene rings is 7. The molecule has 246 valence electrons. The largest absolute Gasteiger partial charge is 0.375 e. The van der Waals surface area contributed by atoms with Crippen molar-refractivity contribution in [1.29, 1.82) is 0 Å². The van der Waals surface area contributed by atoms with Gasteiger partial charge in [0.05, 0.1) is 0 Å². The van der Waals surface area contributed by atoms with E-state index in [9.17, 15) is 0 Å². The Balaban J connectivity index is 1.37. The molecule has 0 bridgehead atoms. The van der Waals surface area contributed by atoms with Crippen molar-refractivity contribution in [3.05, 3.63) is 155 Å². The zero-order chi connectivity index (χ0) is 35.2. The summed E-state index contributed by atoms with van der Waals surface area (Å²) in [6, 6.07) is 46.6. The molecule has 9 aromatic rings. The van der Waals surface area contributed by atoms with Gasteiger partial charge in [0.1, 0.15) is 0 Å². The molecule has 4 heterocycles. The van der Waals surface area contributed by atoms with E-state index in [1.165, 1.54) is 121 Å². The summed E-state index contributed by atoms with van der Waals surface area (Å²) in [7, 11) is 0. The van der Waals surface area contributed by atoms with Crippen molar-refractivity contribution in [3.8, 4) is 22.3 Å². The molecule has 0 aliphatic carbocycles. The second kappa shape index (κ2) is 10.4. The molecule has 2 aliphatic heterocycles. The summed E-state index contributed by atoms with van der Waals surface area (Å²) >= 11 is 0. The number of aromatic nitrogens is 2. The van der Waals surface area contributed by atoms with Crippen molar-refractivity contribution in [1.82, 2.24) is 8.96 Å². The van der Waals surface area contributed by atoms with Crippen molar-refractivity contribution in [2.24, 2.45) is 0 Å². The molecule has 11 rings (SSSR count). The average Bonchev–Trinajstić information content (AvgIpc) is 3.64. The predicted octanol–water partition coefficient (Wildman–Crippen LogP) is 9.02. The van der Waals surface area contributed by atoms with Gasteiger partial charge in [0.25, 0.3) is 0 Å². The van der Waals surface area contributed by atoms with Gasteiger partial charge in [-0.05, 0) is 86.7 Å². The molecule has 2 aliphatic rings. The maximum Gasteiger partial charge on any atom is 0.329 e. The van der Waals surface area contributed by atoms with Gasteiger partial charge in [-0.1, -0.05) is 143 Å². The maximum absolute atomic E-state index is 2.67. The van der Waals surface area contributed by atoms with Crippen LogP contribution in [0.25, 0.3) is 65.9 Å². The molecule has 2 aromatic heterocycles. The van der Waals surface area contributed by atoms with Crippen molar-refractivity contribution in [3.63, 3.8) is 0 Å². The lowest BCUT2D eigenvalue weighted by molar-refractivity contribution is 1.28. The van der Waals surface area contributed by atoms with Crippen LogP contribution in [0.4, 0.5) is 0 Å². The molecule has 0 amide bonds. The Kier molecular flexibility index (Phi) is 6.00. The first-order valence-electron chi connectivity index (χ1n) is 18.7. The van der Waals surface area contributed by atoms with Crippen LogP contribution in [0.2, 0.25) is 0 Å². The Morgan fingerprint density at radius 3 is 1.15 bits per heavy atom. The van der Waals surface area contributed by atoms with E-state index in [1.54, 1.807) is 0 Å². The van der Waals surface area contributed by atoms with Crippen LogP contribution in [0, 0.1) is 41.5 Å². The predicted molar refractivity (Wildman–Crippen MR) is 225 cm³/mol. The van der Waals surface area contributed by atoms with E-state index in [0.29, 0.717) is 0 Å². The lowest BCUT2D eigenvalue weighted by atomic mass is 9.41. The summed E-state index contributed by atoms with van der Waals surface area (Å²) in [6.45, 7) is 13.8. The van der Waals surface area contributed by atoms with Crippen molar-refractivity contribution >= 4 is 79.2 Å². The van der Waals surface area contributed by atoms with E-state index in [4.69, 9.17) is 0 Å². The van der Waals surface area contributed by atoms with E-state index in [-0.39, 0.29) is 13.7 Å². The Morgan fingerprint density at radius 1 is 0.385 bits per heavy atom. The van der Waals surface area contributed by atoms with E-state index >= 15 is 0 Å². The third-order valence-electron chi connectivity index (χ3n) is 12.4. The summed E-state index contributed by atoms with van der Waals surface area (Å²) in [5.74, 6) is 0. The van der Waals surface area contributed by atoms with Crippen LogP contribution in [-0.2, 0) is 0 Å². The van der Waals surface area contributed by atoms with Crippen LogP contribution in [0.5, 0.6) is 0 Å². The minimum atomic E-state index is 0.0338. The second-order valence-corrected chi connectivity index (χ2v) is 15.6. The van der Waals surface area contributed by atoms with Crippen molar-refractivity contribution in [2.45, 2.75) is 41.5 Å². The Labute approximate surface area is 305 Å². The number of hydrogen-bond donors (Lipinski definition) is 0. The summed E-state index contributed by atoms with van der Waals surface area (Å²) < 4.78 is 5.34. The fourth-order valence-electron chi connectivity index (χ4n) is 10.8. The van der Waals surface area contributed by atoms with Gasteiger partial charge in [-0.2, -0.15) is 0 Å². The van der Waals surface area contributed by atoms with Crippen molar-refractivity contribution in [2.75, 3.05) is 0 Å². The van der Waals surface area contributed by atoms with Gasteiger partial charge in [0, 0.05) is 54.7 Å². The molecule has 4 heteroatoms. The van der Waals surface area contributed by atoms with E-state index in [0.717, 1.165) is 0 Å². The van der Waals surface area contributed by atoms with E-state index in [2.05, 4.69) is 172 Å². The summed E-state index contributed by atoms with van der Waals surface area (Å²) in [4.78, 5) is 0. The summed E-state index contributed by atoms with van der Waals surface area (Å²) in [6.07, 6.45) is 0. The van der Waals surface area contributed by atoms with E-state index in [1.807, 2.05) is 0 Å². The molecule has 2 nitrogen and oxygen atoms in total. The highest BCUT2D eigenvalue weighted by Crippen LogP contribution is 2.46. The van der Waals surface area contributed by atoms with Gasteiger partial charge in [-0.25, -0.2) is 0 Å². The number of hydrogen-bond acceptors (Lipinski definition) is 0. The lowest BCUT2D eigenvalue weighted by Gasteiger charge is -2.36. The molecule has 0 unspecified atom stereocenters. The molecular formula is C48H38B2N2. The van der Waals surface area contributed by atoms with E-state index < -0.39 is 0 Å². The average molecular weight is 664 g/mol. The SMILES string of the molecule is Cc1cc(C)c(B2c3ccc4c(c3-c3cccc5c6ccccc6n2c35)-c2cccc3c5ccccc5n(c23)B4c2c(C)cc(C)cc2C)c(C)c1. The number of rotatable bonds is 2. The first-order valence-corrected chi connectivity index (χ1v) is 18.7. The van der Waals surface area contributed by atoms with Gasteiger partial charge in [0.15, 0.2) is 0 Å². The van der Waals surface area contributed by atoms with Crippen LogP contribution < -0.4 is 21.9 Å². The molecule has 0 fully saturated rings. The molecule has 0 radical (unpaired) electrons. The topological polar surface area (TPSA) is 9.86 Å². The second-order valence-electron chi connectivity index (χ2n) is 15.6. The zero-order valence-electron chi connectivity index (χ0n) is 30.6. The normalized spacial score (nSPS) is 13.1. The van der Waals surface area contributed by atoms with Gasteiger partial charge < -0.3 is 8.96 Å². The van der Waals surface area contributed by atoms with Crippen LogP contribution in [0.15, 0.2) is 121 Å². The summed E-state index contributed by atoms with van der Waals surface area (Å²) in [5.41, 5.74) is 24.3. The number of fused-ring (bicyclic) bond motifs is 11. The molecule has 0 spiro atoms. The number of aryl methyl sites for hydroxylation is 6. The fourth-order valence-corrected chi connectivity index (χ4v) is 10.8. The van der Waals surface area contributed by atoms with Crippen molar-refractivity contribution < 1.29 is 0 Å². The first-order chi connectivity index (χ1) is 25.3. The fraction of sp³-hybridized carbons (Fsp3) is 0.125. The lowest BCUT2D eigenvalue weighted by Crippen LogP contribution is -2.56. The quantitative estimate of drug-likeness (QED) is 0.163. The monoisotopic (exact) mass is 664 g/mol. The molecule has 7 aromatic carbocycles. The van der Waals surface area contributed by atoms with Crippen LogP contribution in [-0.4, -0.2) is 22.7 Å². The molecule has 0 saturated carbocycles. The minimum absolute atomic E-state index is 0.0338. The number of para-hydroxylation sites is 4. The highest BCUT2D eigenvalue weighted by Gasteiger charge is 2.42. The van der Waals surface area contributed by atoms with Crippen LogP contribution >= 0.6 is 0 Å². The van der Waals surface area contributed by atoms with Gasteiger partial charge in [0.2, 0.25) is 0 Å². The van der Waals surface area contributed by atoms with Gasteiger partial charge >= 0.3 is 13.7 Å².